The highest BCUT2D eigenvalue weighted by Gasteiger charge is 2.34. The molecule has 3 heterocycles. The van der Waals surface area contributed by atoms with Gasteiger partial charge in [0, 0.05) is 32.3 Å². The summed E-state index contributed by atoms with van der Waals surface area (Å²) in [6.45, 7) is 1.07. The van der Waals surface area contributed by atoms with Crippen LogP contribution >= 0.6 is 0 Å². The smallest absolute Gasteiger partial charge is 0.236 e. The number of nitrogens with zero attached hydrogens (tertiary/aromatic N) is 5. The first-order valence-electron chi connectivity index (χ1n) is 7.77. The molecule has 0 spiro atoms. The van der Waals surface area contributed by atoms with Crippen molar-refractivity contribution in [2.75, 3.05) is 25.0 Å². The van der Waals surface area contributed by atoms with Gasteiger partial charge in [0.05, 0.1) is 17.5 Å². The fraction of sp³-hybridized carbons (Fsp3) is 0.412. The number of piperidine rings is 1. The second kappa shape index (κ2) is 6.59. The molecule has 0 bridgehead atoms. The molecule has 1 N–H and O–H groups in total. The summed E-state index contributed by atoms with van der Waals surface area (Å²) in [6.07, 6.45) is 9.65. The first-order chi connectivity index (χ1) is 11.7. The number of rotatable bonds is 3. The van der Waals surface area contributed by atoms with Crippen molar-refractivity contribution in [2.24, 2.45) is 5.92 Å². The quantitative estimate of drug-likeness (QED) is 0.857. The molecule has 122 valence electrons. The minimum Gasteiger partial charge on any atom is -0.353 e. The molecule has 7 nitrogen and oxygen atoms in total. The van der Waals surface area contributed by atoms with E-state index in [0.717, 1.165) is 16.9 Å². The van der Waals surface area contributed by atoms with E-state index in [0.29, 0.717) is 19.5 Å². The fourth-order valence-corrected chi connectivity index (χ4v) is 3.22. The zero-order chi connectivity index (χ0) is 17.1. The largest absolute Gasteiger partial charge is 0.353 e. The standard InChI is InChI=1S/C17H18N6O/c1-3-12-6-9-23(15(24)4-7-18)10-14(12)22(2)17-13-5-8-19-16(13)20-11-21-17/h1,5,8,11-12,14H,4,6,9-10H2,2H3,(H,19,20,21)/t12-,14?/m1/s1. The number of amides is 1. The number of hydrogen-bond donors (Lipinski definition) is 1. The van der Waals surface area contributed by atoms with Crippen LogP contribution in [-0.4, -0.2) is 51.9 Å². The summed E-state index contributed by atoms with van der Waals surface area (Å²) in [4.78, 5) is 27.5. The third-order valence-electron chi connectivity index (χ3n) is 4.54. The minimum absolute atomic E-state index is 0.0186. The van der Waals surface area contributed by atoms with Crippen molar-refractivity contribution >= 4 is 22.8 Å². The number of carbonyl (C=O) groups excluding carboxylic acids is 1. The lowest BCUT2D eigenvalue weighted by molar-refractivity contribution is -0.131. The van der Waals surface area contributed by atoms with Gasteiger partial charge in [-0.3, -0.25) is 4.79 Å². The molecule has 1 fully saturated rings. The molecule has 7 heteroatoms. The van der Waals surface area contributed by atoms with Gasteiger partial charge >= 0.3 is 0 Å². The number of carbonyl (C=O) groups is 1. The molecule has 1 saturated heterocycles. The molecule has 2 aromatic heterocycles. The van der Waals surface area contributed by atoms with Crippen molar-refractivity contribution in [2.45, 2.75) is 18.9 Å². The van der Waals surface area contributed by atoms with Crippen LogP contribution < -0.4 is 4.90 Å². The third-order valence-corrected chi connectivity index (χ3v) is 4.54. The first-order valence-corrected chi connectivity index (χ1v) is 7.77. The van der Waals surface area contributed by atoms with Crippen LogP contribution in [0.4, 0.5) is 5.82 Å². The van der Waals surface area contributed by atoms with Gasteiger partial charge in [0.1, 0.15) is 24.2 Å². The van der Waals surface area contributed by atoms with E-state index in [1.807, 2.05) is 30.3 Å². The number of nitrogens with one attached hydrogen (secondary N) is 1. The van der Waals surface area contributed by atoms with Crippen molar-refractivity contribution in [3.63, 3.8) is 0 Å². The van der Waals surface area contributed by atoms with E-state index in [1.165, 1.54) is 6.33 Å². The summed E-state index contributed by atoms with van der Waals surface area (Å²) in [5, 5.41) is 9.67. The number of fused-ring (bicyclic) bond motifs is 1. The van der Waals surface area contributed by atoms with Crippen molar-refractivity contribution < 1.29 is 4.79 Å². The normalized spacial score (nSPS) is 20.4. The maximum atomic E-state index is 12.1. The monoisotopic (exact) mass is 322 g/mol. The maximum Gasteiger partial charge on any atom is 0.236 e. The van der Waals surface area contributed by atoms with Crippen LogP contribution in [0.2, 0.25) is 0 Å². The van der Waals surface area contributed by atoms with Crippen LogP contribution in [0.25, 0.3) is 11.0 Å². The number of aromatic amines is 1. The van der Waals surface area contributed by atoms with Crippen molar-refractivity contribution in [1.29, 1.82) is 5.26 Å². The lowest BCUT2D eigenvalue weighted by Gasteiger charge is -2.41. The Bertz CT molecular complexity index is 829. The minimum atomic E-state index is -0.152. The van der Waals surface area contributed by atoms with Gasteiger partial charge in [0.2, 0.25) is 5.91 Å². The highest BCUT2D eigenvalue weighted by atomic mass is 16.2. The number of anilines is 1. The summed E-state index contributed by atoms with van der Waals surface area (Å²) < 4.78 is 0. The zero-order valence-electron chi connectivity index (χ0n) is 13.4. The predicted molar refractivity (Wildman–Crippen MR) is 89.8 cm³/mol. The van der Waals surface area contributed by atoms with E-state index in [-0.39, 0.29) is 24.3 Å². The predicted octanol–water partition coefficient (Wildman–Crippen LogP) is 1.16. The van der Waals surface area contributed by atoms with Crippen LogP contribution in [-0.2, 0) is 4.79 Å². The number of likely N-dealkylation sites (N-methyl/N-ethyl adjacent to an activating group) is 1. The Morgan fingerprint density at radius 2 is 2.42 bits per heavy atom. The van der Waals surface area contributed by atoms with Gasteiger partial charge in [-0.05, 0) is 12.5 Å². The van der Waals surface area contributed by atoms with Crippen LogP contribution in [0.15, 0.2) is 18.6 Å². The molecule has 1 aliphatic heterocycles. The van der Waals surface area contributed by atoms with Gasteiger partial charge in [0.25, 0.3) is 0 Å². The molecule has 0 radical (unpaired) electrons. The molecule has 1 aliphatic rings. The van der Waals surface area contributed by atoms with Crippen molar-refractivity contribution in [3.8, 4) is 18.4 Å². The Kier molecular flexibility index (Phi) is 4.35. The van der Waals surface area contributed by atoms with E-state index in [1.54, 1.807) is 4.90 Å². The molecule has 0 aromatic carbocycles. The number of aromatic nitrogens is 3. The number of likely N-dealkylation sites (tertiary alicyclic amines) is 1. The number of terminal acetylenes is 1. The Morgan fingerprint density at radius 1 is 1.58 bits per heavy atom. The lowest BCUT2D eigenvalue weighted by Crippen LogP contribution is -2.53. The second-order valence-electron chi connectivity index (χ2n) is 5.85. The fourth-order valence-electron chi connectivity index (χ4n) is 3.22. The summed E-state index contributed by atoms with van der Waals surface area (Å²) >= 11 is 0. The third kappa shape index (κ3) is 2.77. The van der Waals surface area contributed by atoms with E-state index >= 15 is 0 Å². The molecule has 1 amide bonds. The summed E-state index contributed by atoms with van der Waals surface area (Å²) in [5.41, 5.74) is 0.761. The van der Waals surface area contributed by atoms with E-state index in [9.17, 15) is 4.79 Å². The van der Waals surface area contributed by atoms with Gasteiger partial charge in [0.15, 0.2) is 0 Å². The van der Waals surface area contributed by atoms with Gasteiger partial charge in [-0.2, -0.15) is 5.26 Å². The SMILES string of the molecule is C#C[C@@H]1CCN(C(=O)CC#N)CC1N(C)c1ncnc2[nH]ccc12. The molecule has 3 rings (SSSR count). The van der Waals surface area contributed by atoms with Crippen molar-refractivity contribution in [3.05, 3.63) is 18.6 Å². The summed E-state index contributed by atoms with van der Waals surface area (Å²) in [7, 11) is 1.93. The molecule has 24 heavy (non-hydrogen) atoms. The van der Waals surface area contributed by atoms with Crippen LogP contribution in [0.5, 0.6) is 0 Å². The number of H-pyrrole nitrogens is 1. The Morgan fingerprint density at radius 3 is 3.17 bits per heavy atom. The average molecular weight is 322 g/mol. The number of hydrogen-bond acceptors (Lipinski definition) is 5. The van der Waals surface area contributed by atoms with E-state index < -0.39 is 0 Å². The highest BCUT2D eigenvalue weighted by Crippen LogP contribution is 2.28. The Hall–Kier alpha value is -3.06. The second-order valence-corrected chi connectivity index (χ2v) is 5.85. The molecular weight excluding hydrogens is 304 g/mol. The highest BCUT2D eigenvalue weighted by molar-refractivity contribution is 5.87. The molecular formula is C17H18N6O. The lowest BCUT2D eigenvalue weighted by atomic mass is 9.91. The zero-order valence-corrected chi connectivity index (χ0v) is 13.4. The topological polar surface area (TPSA) is 88.9 Å². The first kappa shape index (κ1) is 15.8. The Balaban J connectivity index is 1.89. The van der Waals surface area contributed by atoms with Crippen LogP contribution in [0, 0.1) is 29.6 Å². The van der Waals surface area contributed by atoms with Crippen LogP contribution in [0.1, 0.15) is 12.8 Å². The molecule has 0 saturated carbocycles. The maximum absolute atomic E-state index is 12.1. The molecule has 1 unspecified atom stereocenters. The van der Waals surface area contributed by atoms with Gasteiger partial charge in [-0.1, -0.05) is 0 Å². The summed E-state index contributed by atoms with van der Waals surface area (Å²) in [5.74, 6) is 3.49. The molecule has 2 atom stereocenters. The van der Waals surface area contributed by atoms with Crippen LogP contribution in [0.3, 0.4) is 0 Å². The van der Waals surface area contributed by atoms with Gasteiger partial charge < -0.3 is 14.8 Å². The molecule has 2 aromatic rings. The number of nitriles is 1. The Labute approximate surface area is 140 Å². The average Bonchev–Trinajstić information content (AvgIpc) is 3.09. The van der Waals surface area contributed by atoms with E-state index in [2.05, 4.69) is 20.9 Å². The van der Waals surface area contributed by atoms with Gasteiger partial charge in [-0.15, -0.1) is 12.3 Å². The molecule has 0 aliphatic carbocycles. The van der Waals surface area contributed by atoms with Crippen molar-refractivity contribution in [1.82, 2.24) is 19.9 Å². The summed E-state index contributed by atoms with van der Waals surface area (Å²) in [6, 6.07) is 3.78. The van der Waals surface area contributed by atoms with Gasteiger partial charge in [-0.25, -0.2) is 9.97 Å². The van der Waals surface area contributed by atoms with E-state index in [4.69, 9.17) is 11.7 Å².